The van der Waals surface area contributed by atoms with Crippen LogP contribution in [0.15, 0.2) is 12.1 Å². The first-order valence-electron chi connectivity index (χ1n) is 6.18. The van der Waals surface area contributed by atoms with Gasteiger partial charge in [0.1, 0.15) is 12.4 Å². The fourth-order valence-electron chi connectivity index (χ4n) is 1.86. The molecule has 0 saturated carbocycles. The minimum atomic E-state index is -4.31. The number of aromatic amines is 1. The molecule has 21 heavy (non-hydrogen) atoms. The zero-order valence-corrected chi connectivity index (χ0v) is 11.6. The van der Waals surface area contributed by atoms with Crippen molar-refractivity contribution in [1.82, 2.24) is 9.97 Å². The van der Waals surface area contributed by atoms with Gasteiger partial charge in [0.2, 0.25) is 0 Å². The van der Waals surface area contributed by atoms with Crippen LogP contribution in [0.2, 0.25) is 0 Å². The molecule has 1 aromatic heterocycles. The molecule has 116 valence electrons. The number of fused-ring (bicyclic) bond motifs is 1. The molecular weight excluding hydrogens is 289 g/mol. The van der Waals surface area contributed by atoms with E-state index < -0.39 is 12.8 Å². The molecule has 0 aliphatic rings. The second-order valence-electron chi connectivity index (χ2n) is 4.33. The Morgan fingerprint density at radius 1 is 1.14 bits per heavy atom. The van der Waals surface area contributed by atoms with Crippen LogP contribution in [-0.4, -0.2) is 43.6 Å². The number of hydrogen-bond donors (Lipinski definition) is 1. The van der Waals surface area contributed by atoms with Gasteiger partial charge in [-0.05, 0) is 0 Å². The number of aromatic nitrogens is 2. The molecule has 2 aromatic rings. The van der Waals surface area contributed by atoms with Crippen molar-refractivity contribution < 1.29 is 27.4 Å². The molecule has 8 heteroatoms. The first-order valence-corrected chi connectivity index (χ1v) is 6.18. The predicted octanol–water partition coefficient (Wildman–Crippen LogP) is 2.70. The standard InChI is InChI=1S/C13H15F3N2O3/c1-19-10-5-8-9(6-11(10)20-2)18-12(17-8)3-4-21-7-13(14,15)16/h5-6H,3-4,7H2,1-2H3,(H,17,18). The van der Waals surface area contributed by atoms with Crippen LogP contribution in [0.3, 0.4) is 0 Å². The summed E-state index contributed by atoms with van der Waals surface area (Å²) < 4.78 is 50.7. The van der Waals surface area contributed by atoms with Gasteiger partial charge in [-0.3, -0.25) is 0 Å². The van der Waals surface area contributed by atoms with Crippen LogP contribution in [0.1, 0.15) is 5.82 Å². The second-order valence-corrected chi connectivity index (χ2v) is 4.33. The number of hydrogen-bond acceptors (Lipinski definition) is 4. The number of benzene rings is 1. The summed E-state index contributed by atoms with van der Waals surface area (Å²) in [6, 6.07) is 3.42. The Kier molecular flexibility index (Phi) is 4.56. The van der Waals surface area contributed by atoms with Gasteiger partial charge in [-0.25, -0.2) is 4.98 Å². The topological polar surface area (TPSA) is 56.4 Å². The first-order chi connectivity index (χ1) is 9.93. The quantitative estimate of drug-likeness (QED) is 0.834. The van der Waals surface area contributed by atoms with E-state index >= 15 is 0 Å². The Labute approximate surface area is 119 Å². The van der Waals surface area contributed by atoms with Gasteiger partial charge in [-0.1, -0.05) is 0 Å². The van der Waals surface area contributed by atoms with Crippen LogP contribution in [0, 0.1) is 0 Å². The van der Waals surface area contributed by atoms with Crippen LogP contribution >= 0.6 is 0 Å². The van der Waals surface area contributed by atoms with E-state index in [0.717, 1.165) is 5.52 Å². The van der Waals surface area contributed by atoms with E-state index in [1.807, 2.05) is 0 Å². The number of imidazole rings is 1. The predicted molar refractivity (Wildman–Crippen MR) is 69.8 cm³/mol. The highest BCUT2D eigenvalue weighted by Gasteiger charge is 2.27. The highest BCUT2D eigenvalue weighted by atomic mass is 19.4. The van der Waals surface area contributed by atoms with Crippen LogP contribution in [0.25, 0.3) is 11.0 Å². The molecule has 0 amide bonds. The fraction of sp³-hybridized carbons (Fsp3) is 0.462. The zero-order valence-electron chi connectivity index (χ0n) is 11.6. The van der Waals surface area contributed by atoms with Gasteiger partial charge in [0.25, 0.3) is 0 Å². The molecule has 5 nitrogen and oxygen atoms in total. The Morgan fingerprint density at radius 2 is 1.81 bits per heavy atom. The number of nitrogens with one attached hydrogen (secondary N) is 1. The Hall–Kier alpha value is -1.96. The van der Waals surface area contributed by atoms with Gasteiger partial charge in [0, 0.05) is 18.6 Å². The summed E-state index contributed by atoms with van der Waals surface area (Å²) in [6.45, 7) is -1.32. The molecule has 0 unspecified atom stereocenters. The van der Waals surface area contributed by atoms with Crippen molar-refractivity contribution >= 4 is 11.0 Å². The molecule has 0 aliphatic carbocycles. The number of rotatable bonds is 6. The number of H-pyrrole nitrogens is 1. The van der Waals surface area contributed by atoms with E-state index in [1.165, 1.54) is 14.2 Å². The highest BCUT2D eigenvalue weighted by Crippen LogP contribution is 2.31. The molecular formula is C13H15F3N2O3. The second kappa shape index (κ2) is 6.21. The maximum atomic E-state index is 11.9. The maximum absolute atomic E-state index is 11.9. The van der Waals surface area contributed by atoms with Gasteiger partial charge >= 0.3 is 6.18 Å². The van der Waals surface area contributed by atoms with E-state index in [2.05, 4.69) is 14.7 Å². The van der Waals surface area contributed by atoms with Crippen molar-refractivity contribution in [2.24, 2.45) is 0 Å². The zero-order chi connectivity index (χ0) is 15.5. The summed E-state index contributed by atoms with van der Waals surface area (Å²) in [5.41, 5.74) is 1.37. The first kappa shape index (κ1) is 15.4. The lowest BCUT2D eigenvalue weighted by atomic mass is 10.3. The van der Waals surface area contributed by atoms with E-state index in [9.17, 15) is 13.2 Å². The van der Waals surface area contributed by atoms with Crippen molar-refractivity contribution in [3.8, 4) is 11.5 Å². The van der Waals surface area contributed by atoms with Gasteiger partial charge in [0.15, 0.2) is 11.5 Å². The largest absolute Gasteiger partial charge is 0.493 e. The minimum Gasteiger partial charge on any atom is -0.493 e. The summed E-state index contributed by atoms with van der Waals surface area (Å²) in [6.07, 6.45) is -4.05. The summed E-state index contributed by atoms with van der Waals surface area (Å²) in [5, 5.41) is 0. The molecule has 0 saturated heterocycles. The van der Waals surface area contributed by atoms with E-state index in [0.29, 0.717) is 22.8 Å². The summed E-state index contributed by atoms with van der Waals surface area (Å²) in [7, 11) is 3.04. The third-order valence-corrected chi connectivity index (χ3v) is 2.79. The molecule has 0 atom stereocenters. The average molecular weight is 304 g/mol. The third kappa shape index (κ3) is 4.01. The molecule has 0 radical (unpaired) electrons. The number of ether oxygens (including phenoxy) is 3. The highest BCUT2D eigenvalue weighted by molar-refractivity contribution is 5.79. The van der Waals surface area contributed by atoms with E-state index in [4.69, 9.17) is 9.47 Å². The number of methoxy groups -OCH3 is 2. The van der Waals surface area contributed by atoms with Crippen molar-refractivity contribution in [3.05, 3.63) is 18.0 Å². The smallest absolute Gasteiger partial charge is 0.411 e. The van der Waals surface area contributed by atoms with Crippen molar-refractivity contribution in [2.75, 3.05) is 27.4 Å². The van der Waals surface area contributed by atoms with E-state index in [1.54, 1.807) is 12.1 Å². The van der Waals surface area contributed by atoms with Crippen LogP contribution in [0.4, 0.5) is 13.2 Å². The monoisotopic (exact) mass is 304 g/mol. The van der Waals surface area contributed by atoms with Crippen molar-refractivity contribution in [3.63, 3.8) is 0 Å². The van der Waals surface area contributed by atoms with Gasteiger partial charge < -0.3 is 19.2 Å². The van der Waals surface area contributed by atoms with E-state index in [-0.39, 0.29) is 13.0 Å². The molecule has 0 fully saturated rings. The lowest BCUT2D eigenvalue weighted by Gasteiger charge is -2.06. The summed E-state index contributed by atoms with van der Waals surface area (Å²) >= 11 is 0. The average Bonchev–Trinajstić information content (AvgIpc) is 2.82. The molecule has 1 aromatic carbocycles. The molecule has 0 bridgehead atoms. The Balaban J connectivity index is 2.05. The fourth-order valence-corrected chi connectivity index (χ4v) is 1.86. The summed E-state index contributed by atoms with van der Waals surface area (Å²) in [4.78, 5) is 7.29. The van der Waals surface area contributed by atoms with Crippen molar-refractivity contribution in [1.29, 1.82) is 0 Å². The Bertz CT molecular complexity index is 569. The normalized spacial score (nSPS) is 11.9. The summed E-state index contributed by atoms with van der Waals surface area (Å²) in [5.74, 6) is 1.63. The molecule has 1 N–H and O–H groups in total. The SMILES string of the molecule is COc1cc2nc(CCOCC(F)(F)F)[nH]c2cc1OC. The van der Waals surface area contributed by atoms with Gasteiger partial charge in [0.05, 0.1) is 31.9 Å². The Morgan fingerprint density at radius 3 is 2.43 bits per heavy atom. The van der Waals surface area contributed by atoms with Crippen LogP contribution in [0.5, 0.6) is 11.5 Å². The lowest BCUT2D eigenvalue weighted by molar-refractivity contribution is -0.173. The van der Waals surface area contributed by atoms with Gasteiger partial charge in [-0.2, -0.15) is 13.2 Å². The molecule has 1 heterocycles. The molecule has 0 aliphatic heterocycles. The van der Waals surface area contributed by atoms with Crippen LogP contribution in [-0.2, 0) is 11.2 Å². The molecule has 0 spiro atoms. The number of nitrogens with zero attached hydrogens (tertiary/aromatic N) is 1. The molecule has 2 rings (SSSR count). The third-order valence-electron chi connectivity index (χ3n) is 2.79. The minimum absolute atomic E-state index is 0.0619. The van der Waals surface area contributed by atoms with Crippen molar-refractivity contribution in [2.45, 2.75) is 12.6 Å². The maximum Gasteiger partial charge on any atom is 0.411 e. The number of halogens is 3. The van der Waals surface area contributed by atoms with Crippen LogP contribution < -0.4 is 9.47 Å². The number of alkyl halides is 3. The van der Waals surface area contributed by atoms with Gasteiger partial charge in [-0.15, -0.1) is 0 Å². The lowest BCUT2D eigenvalue weighted by Crippen LogP contribution is -2.18.